The lowest BCUT2D eigenvalue weighted by atomic mass is 10.0. The fourth-order valence-electron chi connectivity index (χ4n) is 0.887. The maximum absolute atomic E-state index is 11.6. The fourth-order valence-corrected chi connectivity index (χ4v) is 0.887. The highest BCUT2D eigenvalue weighted by molar-refractivity contribution is 4.54. The Labute approximate surface area is 76.4 Å². The predicted molar refractivity (Wildman–Crippen MR) is 44.1 cm³/mol. The molecule has 0 bridgehead atoms. The highest BCUT2D eigenvalue weighted by Crippen LogP contribution is 2.13. The van der Waals surface area contributed by atoms with Gasteiger partial charge in [-0.25, -0.2) is 5.48 Å². The summed E-state index contributed by atoms with van der Waals surface area (Å²) in [6, 6.07) is 0. The van der Waals surface area contributed by atoms with Gasteiger partial charge >= 0.3 is 6.18 Å². The van der Waals surface area contributed by atoms with E-state index in [1.807, 2.05) is 13.8 Å². The molecule has 5 heteroatoms. The summed E-state index contributed by atoms with van der Waals surface area (Å²) in [4.78, 5) is 4.26. The monoisotopic (exact) mass is 199 g/mol. The van der Waals surface area contributed by atoms with Crippen molar-refractivity contribution >= 4 is 0 Å². The van der Waals surface area contributed by atoms with Crippen LogP contribution >= 0.6 is 0 Å². The van der Waals surface area contributed by atoms with Crippen molar-refractivity contribution in [3.8, 4) is 0 Å². The molecule has 0 spiro atoms. The summed E-state index contributed by atoms with van der Waals surface area (Å²) >= 11 is 0. The second-order valence-corrected chi connectivity index (χ2v) is 2.93. The predicted octanol–water partition coefficient (Wildman–Crippen LogP) is 2.51. The lowest BCUT2D eigenvalue weighted by Crippen LogP contribution is -2.28. The quantitative estimate of drug-likeness (QED) is 0.524. The van der Waals surface area contributed by atoms with Gasteiger partial charge in [0.25, 0.3) is 0 Å². The number of nitrogens with one attached hydrogen (secondary N) is 1. The molecule has 0 aromatic carbocycles. The number of rotatable bonds is 6. The second kappa shape index (κ2) is 6.21. The first kappa shape index (κ1) is 12.7. The normalized spacial score (nSPS) is 12.5. The zero-order valence-corrected chi connectivity index (χ0v) is 7.95. The van der Waals surface area contributed by atoms with Crippen LogP contribution in [-0.4, -0.2) is 19.3 Å². The molecule has 0 aliphatic rings. The SMILES string of the molecule is CCC(CC)CNOCC(F)(F)F. The minimum atomic E-state index is -4.25. The summed E-state index contributed by atoms with van der Waals surface area (Å²) in [5, 5.41) is 0. The largest absolute Gasteiger partial charge is 0.413 e. The second-order valence-electron chi connectivity index (χ2n) is 2.93. The van der Waals surface area contributed by atoms with Crippen molar-refractivity contribution in [3.63, 3.8) is 0 Å². The van der Waals surface area contributed by atoms with E-state index in [4.69, 9.17) is 0 Å². The van der Waals surface area contributed by atoms with Gasteiger partial charge in [0, 0.05) is 6.54 Å². The first-order valence-corrected chi connectivity index (χ1v) is 4.41. The van der Waals surface area contributed by atoms with Crippen LogP contribution in [-0.2, 0) is 4.84 Å². The average molecular weight is 199 g/mol. The van der Waals surface area contributed by atoms with Gasteiger partial charge in [0.15, 0.2) is 6.61 Å². The van der Waals surface area contributed by atoms with E-state index in [0.717, 1.165) is 12.8 Å². The fraction of sp³-hybridized carbons (Fsp3) is 1.00. The summed E-state index contributed by atoms with van der Waals surface area (Å²) in [7, 11) is 0. The number of hydroxylamine groups is 1. The molecule has 0 radical (unpaired) electrons. The molecule has 0 aliphatic heterocycles. The van der Waals surface area contributed by atoms with Gasteiger partial charge in [0.1, 0.15) is 0 Å². The molecule has 0 saturated carbocycles. The molecule has 0 unspecified atom stereocenters. The van der Waals surface area contributed by atoms with Crippen LogP contribution in [0.15, 0.2) is 0 Å². The van der Waals surface area contributed by atoms with Crippen LogP contribution in [0.25, 0.3) is 0 Å². The molecule has 0 atom stereocenters. The van der Waals surface area contributed by atoms with Crippen molar-refractivity contribution in [2.75, 3.05) is 13.2 Å². The van der Waals surface area contributed by atoms with Crippen LogP contribution in [0.1, 0.15) is 26.7 Å². The lowest BCUT2D eigenvalue weighted by Gasteiger charge is -2.13. The van der Waals surface area contributed by atoms with Crippen molar-refractivity contribution in [1.82, 2.24) is 5.48 Å². The average Bonchev–Trinajstić information content (AvgIpc) is 2.03. The topological polar surface area (TPSA) is 21.3 Å². The first-order chi connectivity index (χ1) is 5.99. The Morgan fingerprint density at radius 3 is 2.15 bits per heavy atom. The number of alkyl halides is 3. The maximum Gasteiger partial charge on any atom is 0.413 e. The van der Waals surface area contributed by atoms with E-state index in [-0.39, 0.29) is 0 Å². The third-order valence-corrected chi connectivity index (χ3v) is 1.86. The first-order valence-electron chi connectivity index (χ1n) is 4.41. The zero-order chi connectivity index (χ0) is 10.3. The maximum atomic E-state index is 11.6. The van der Waals surface area contributed by atoms with E-state index < -0.39 is 12.8 Å². The molecule has 2 nitrogen and oxygen atoms in total. The van der Waals surface area contributed by atoms with Gasteiger partial charge in [-0.05, 0) is 5.92 Å². The number of hydrogen-bond donors (Lipinski definition) is 1. The molecule has 80 valence electrons. The van der Waals surface area contributed by atoms with Crippen molar-refractivity contribution in [1.29, 1.82) is 0 Å². The van der Waals surface area contributed by atoms with Gasteiger partial charge < -0.3 is 0 Å². The van der Waals surface area contributed by atoms with E-state index >= 15 is 0 Å². The molecule has 0 rings (SSSR count). The third kappa shape index (κ3) is 8.05. The Morgan fingerprint density at radius 2 is 1.77 bits per heavy atom. The van der Waals surface area contributed by atoms with Gasteiger partial charge in [0.2, 0.25) is 0 Å². The van der Waals surface area contributed by atoms with Crippen molar-refractivity contribution < 1.29 is 18.0 Å². The third-order valence-electron chi connectivity index (χ3n) is 1.86. The van der Waals surface area contributed by atoms with Crippen LogP contribution in [0.5, 0.6) is 0 Å². The van der Waals surface area contributed by atoms with Gasteiger partial charge in [-0.15, -0.1) is 0 Å². The van der Waals surface area contributed by atoms with Crippen LogP contribution in [0, 0.1) is 5.92 Å². The van der Waals surface area contributed by atoms with Gasteiger partial charge in [0.05, 0.1) is 0 Å². The Hall–Kier alpha value is -0.290. The molecule has 0 aliphatic carbocycles. The van der Waals surface area contributed by atoms with Crippen LogP contribution in [0.4, 0.5) is 13.2 Å². The van der Waals surface area contributed by atoms with Crippen molar-refractivity contribution in [2.45, 2.75) is 32.9 Å². The van der Waals surface area contributed by atoms with E-state index in [0.29, 0.717) is 12.5 Å². The van der Waals surface area contributed by atoms with E-state index in [1.165, 1.54) is 0 Å². The molecular formula is C8H16F3NO. The molecule has 13 heavy (non-hydrogen) atoms. The van der Waals surface area contributed by atoms with Crippen molar-refractivity contribution in [3.05, 3.63) is 0 Å². The summed E-state index contributed by atoms with van der Waals surface area (Å²) in [5.41, 5.74) is 2.32. The molecule has 0 aromatic rings. The Morgan fingerprint density at radius 1 is 1.23 bits per heavy atom. The van der Waals surface area contributed by atoms with Crippen LogP contribution in [0.2, 0.25) is 0 Å². The minimum absolute atomic E-state index is 0.383. The van der Waals surface area contributed by atoms with E-state index in [9.17, 15) is 13.2 Å². The van der Waals surface area contributed by atoms with Crippen LogP contribution in [0.3, 0.4) is 0 Å². The molecule has 0 aromatic heterocycles. The van der Waals surface area contributed by atoms with Gasteiger partial charge in [-0.2, -0.15) is 13.2 Å². The summed E-state index contributed by atoms with van der Waals surface area (Å²) in [6.07, 6.45) is -2.36. The molecule has 0 fully saturated rings. The minimum Gasteiger partial charge on any atom is -0.292 e. The molecular weight excluding hydrogens is 183 g/mol. The molecule has 0 amide bonds. The Balaban J connectivity index is 3.34. The molecule has 0 heterocycles. The summed E-state index contributed by atoms with van der Waals surface area (Å²) < 4.78 is 34.7. The Bertz CT molecular complexity index is 123. The standard InChI is InChI=1S/C8H16F3NO/c1-3-7(4-2)5-12-13-6-8(9,10)11/h7,12H,3-6H2,1-2H3. The number of halogens is 3. The summed E-state index contributed by atoms with van der Waals surface area (Å²) in [5.74, 6) is 0.383. The lowest BCUT2D eigenvalue weighted by molar-refractivity contribution is -0.190. The zero-order valence-electron chi connectivity index (χ0n) is 7.95. The number of hydrogen-bond acceptors (Lipinski definition) is 2. The highest BCUT2D eigenvalue weighted by atomic mass is 19.4. The summed E-state index contributed by atoms with van der Waals surface area (Å²) in [6.45, 7) is 3.25. The highest BCUT2D eigenvalue weighted by Gasteiger charge is 2.27. The van der Waals surface area contributed by atoms with Crippen LogP contribution < -0.4 is 5.48 Å². The van der Waals surface area contributed by atoms with E-state index in [2.05, 4.69) is 10.3 Å². The Kier molecular flexibility index (Phi) is 6.07. The van der Waals surface area contributed by atoms with E-state index in [1.54, 1.807) is 0 Å². The van der Waals surface area contributed by atoms with Gasteiger partial charge in [-0.1, -0.05) is 26.7 Å². The smallest absolute Gasteiger partial charge is 0.292 e. The molecule has 1 N–H and O–H groups in total. The van der Waals surface area contributed by atoms with Crippen molar-refractivity contribution in [2.24, 2.45) is 5.92 Å². The molecule has 0 saturated heterocycles. The van der Waals surface area contributed by atoms with Gasteiger partial charge in [-0.3, -0.25) is 4.84 Å².